The minimum absolute atomic E-state index is 0.579. The van der Waals surface area contributed by atoms with E-state index in [-0.39, 0.29) is 0 Å². The van der Waals surface area contributed by atoms with Gasteiger partial charge in [0.15, 0.2) is 0 Å². The smallest absolute Gasteiger partial charge is 0.123 e. The summed E-state index contributed by atoms with van der Waals surface area (Å²) in [6, 6.07) is 7.75. The van der Waals surface area contributed by atoms with Gasteiger partial charge in [0.2, 0.25) is 0 Å². The van der Waals surface area contributed by atoms with Crippen LogP contribution in [0.25, 0.3) is 0 Å². The normalized spacial score (nSPS) is 9.12. The molecule has 0 saturated carbocycles. The molecule has 16 heavy (non-hydrogen) atoms. The van der Waals surface area contributed by atoms with Gasteiger partial charge in [0.25, 0.3) is 0 Å². The second-order valence-corrected chi connectivity index (χ2v) is 3.48. The molecule has 0 fully saturated rings. The molecule has 0 bridgehead atoms. The van der Waals surface area contributed by atoms with Gasteiger partial charge in [-0.25, -0.2) is 4.98 Å². The molecule has 2 rings (SSSR count). The molecule has 0 radical (unpaired) electrons. The molecular weight excluding hydrogens is 198 g/mol. The van der Waals surface area contributed by atoms with Crippen LogP contribution in [0.2, 0.25) is 0 Å². The average molecular weight is 215 g/mol. The number of nitrogen functional groups attached to an aromatic ring is 1. The van der Waals surface area contributed by atoms with E-state index in [2.05, 4.69) is 23.0 Å². The largest absolute Gasteiger partial charge is 0.384 e. The zero-order valence-corrected chi connectivity index (χ0v) is 9.72. The second-order valence-electron chi connectivity index (χ2n) is 3.48. The van der Waals surface area contributed by atoms with Gasteiger partial charge in [0, 0.05) is 18.6 Å². The summed E-state index contributed by atoms with van der Waals surface area (Å²) in [7, 11) is 0. The van der Waals surface area contributed by atoms with Crippen molar-refractivity contribution in [3.05, 3.63) is 54.0 Å². The Balaban J connectivity index is 0.000000160. The number of hydrogen-bond acceptors (Lipinski definition) is 3. The molecule has 2 aromatic heterocycles. The first-order chi connectivity index (χ1) is 7.72. The number of aryl methyl sites for hydroxylation is 2. The first-order valence-corrected chi connectivity index (χ1v) is 5.29. The van der Waals surface area contributed by atoms with E-state index in [9.17, 15) is 0 Å². The molecule has 2 aromatic rings. The van der Waals surface area contributed by atoms with Crippen LogP contribution < -0.4 is 5.73 Å². The molecule has 0 aliphatic carbocycles. The van der Waals surface area contributed by atoms with Crippen molar-refractivity contribution < 1.29 is 0 Å². The van der Waals surface area contributed by atoms with E-state index in [0.29, 0.717) is 5.82 Å². The predicted molar refractivity (Wildman–Crippen MR) is 67.0 cm³/mol. The zero-order valence-electron chi connectivity index (χ0n) is 9.72. The maximum absolute atomic E-state index is 5.32. The van der Waals surface area contributed by atoms with Crippen molar-refractivity contribution >= 4 is 5.82 Å². The first-order valence-electron chi connectivity index (χ1n) is 5.29. The summed E-state index contributed by atoms with van der Waals surface area (Å²) < 4.78 is 0. The third-order valence-corrected chi connectivity index (χ3v) is 2.07. The van der Waals surface area contributed by atoms with E-state index in [0.717, 1.165) is 12.0 Å². The van der Waals surface area contributed by atoms with E-state index >= 15 is 0 Å². The van der Waals surface area contributed by atoms with Gasteiger partial charge in [-0.05, 0) is 36.6 Å². The minimum Gasteiger partial charge on any atom is -0.384 e. The van der Waals surface area contributed by atoms with E-state index in [1.54, 1.807) is 18.5 Å². The highest BCUT2D eigenvalue weighted by atomic mass is 14.8. The Labute approximate surface area is 96.4 Å². The van der Waals surface area contributed by atoms with Gasteiger partial charge in [0.1, 0.15) is 5.82 Å². The van der Waals surface area contributed by atoms with Crippen LogP contribution in [0.3, 0.4) is 0 Å². The lowest BCUT2D eigenvalue weighted by atomic mass is 10.2. The molecular formula is C13H17N3. The predicted octanol–water partition coefficient (Wildman–Crippen LogP) is 2.62. The van der Waals surface area contributed by atoms with Crippen LogP contribution in [0.4, 0.5) is 5.82 Å². The highest BCUT2D eigenvalue weighted by Crippen LogP contribution is 1.97. The Hall–Kier alpha value is -1.90. The van der Waals surface area contributed by atoms with E-state index < -0.39 is 0 Å². The Morgan fingerprint density at radius 3 is 2.38 bits per heavy atom. The summed E-state index contributed by atoms with van der Waals surface area (Å²) >= 11 is 0. The van der Waals surface area contributed by atoms with Crippen LogP contribution in [0.15, 0.2) is 42.9 Å². The van der Waals surface area contributed by atoms with Gasteiger partial charge in [-0.2, -0.15) is 0 Å². The molecule has 2 heterocycles. The molecule has 0 saturated heterocycles. The third-order valence-electron chi connectivity index (χ3n) is 2.07. The van der Waals surface area contributed by atoms with E-state index in [1.165, 1.54) is 5.56 Å². The molecule has 3 nitrogen and oxygen atoms in total. The molecule has 2 N–H and O–H groups in total. The molecule has 84 valence electrons. The van der Waals surface area contributed by atoms with Crippen LogP contribution in [0.5, 0.6) is 0 Å². The summed E-state index contributed by atoms with van der Waals surface area (Å²) in [5.41, 5.74) is 7.75. The van der Waals surface area contributed by atoms with Crippen LogP contribution in [-0.2, 0) is 6.42 Å². The Kier molecular flexibility index (Phi) is 4.99. The standard InChI is InChI=1S/C7H9N.C6H8N2/c1-2-7-4-3-5-8-6-7;1-5-2-3-6(7)8-4-5/h3-6H,2H2,1H3;2-4H,1H3,(H2,7,8). The lowest BCUT2D eigenvalue weighted by Gasteiger charge is -1.89. The first kappa shape index (κ1) is 12.2. The molecule has 0 unspecified atom stereocenters. The zero-order chi connectivity index (χ0) is 11.8. The molecule has 0 aromatic carbocycles. The number of pyridine rings is 2. The Morgan fingerprint density at radius 2 is 2.00 bits per heavy atom. The molecule has 0 amide bonds. The maximum Gasteiger partial charge on any atom is 0.123 e. The fourth-order valence-electron chi connectivity index (χ4n) is 1.09. The highest BCUT2D eigenvalue weighted by molar-refractivity contribution is 5.28. The SMILES string of the molecule is CCc1cccnc1.Cc1ccc(N)nc1. The lowest BCUT2D eigenvalue weighted by Crippen LogP contribution is -1.87. The maximum atomic E-state index is 5.32. The number of hydrogen-bond donors (Lipinski definition) is 1. The van der Waals surface area contributed by atoms with Gasteiger partial charge in [0.05, 0.1) is 0 Å². The topological polar surface area (TPSA) is 51.8 Å². The van der Waals surface area contributed by atoms with Crippen molar-refractivity contribution in [2.75, 3.05) is 5.73 Å². The van der Waals surface area contributed by atoms with E-state index in [1.807, 2.05) is 25.3 Å². The van der Waals surface area contributed by atoms with Gasteiger partial charge >= 0.3 is 0 Å². The Bertz CT molecular complexity index is 374. The number of rotatable bonds is 1. The van der Waals surface area contributed by atoms with Crippen molar-refractivity contribution in [3.8, 4) is 0 Å². The average Bonchev–Trinajstić information content (AvgIpc) is 2.35. The van der Waals surface area contributed by atoms with E-state index in [4.69, 9.17) is 5.73 Å². The fourth-order valence-corrected chi connectivity index (χ4v) is 1.09. The van der Waals surface area contributed by atoms with Crippen molar-refractivity contribution in [3.63, 3.8) is 0 Å². The van der Waals surface area contributed by atoms with Crippen molar-refractivity contribution in [2.24, 2.45) is 0 Å². The highest BCUT2D eigenvalue weighted by Gasteiger charge is 1.82. The minimum atomic E-state index is 0.579. The number of nitrogens with zero attached hydrogens (tertiary/aromatic N) is 2. The van der Waals surface area contributed by atoms with Crippen molar-refractivity contribution in [1.82, 2.24) is 9.97 Å². The molecule has 0 aliphatic heterocycles. The summed E-state index contributed by atoms with van der Waals surface area (Å²) in [5, 5.41) is 0. The summed E-state index contributed by atoms with van der Waals surface area (Å²) in [4.78, 5) is 7.81. The van der Waals surface area contributed by atoms with Crippen molar-refractivity contribution in [2.45, 2.75) is 20.3 Å². The van der Waals surface area contributed by atoms with Gasteiger partial charge < -0.3 is 5.73 Å². The number of aromatic nitrogens is 2. The number of anilines is 1. The monoisotopic (exact) mass is 215 g/mol. The second kappa shape index (κ2) is 6.56. The van der Waals surface area contributed by atoms with Gasteiger partial charge in [-0.15, -0.1) is 0 Å². The quantitative estimate of drug-likeness (QED) is 0.795. The fraction of sp³-hybridized carbons (Fsp3) is 0.231. The molecule has 0 spiro atoms. The van der Waals surface area contributed by atoms with Crippen LogP contribution in [0.1, 0.15) is 18.1 Å². The van der Waals surface area contributed by atoms with Gasteiger partial charge in [-0.1, -0.05) is 19.1 Å². The summed E-state index contributed by atoms with van der Waals surface area (Å²) in [5.74, 6) is 0.579. The summed E-state index contributed by atoms with van der Waals surface area (Å²) in [6.07, 6.45) is 6.50. The lowest BCUT2D eigenvalue weighted by molar-refractivity contribution is 1.10. The molecule has 0 aliphatic rings. The van der Waals surface area contributed by atoms with Crippen molar-refractivity contribution in [1.29, 1.82) is 0 Å². The number of nitrogens with two attached hydrogens (primary N) is 1. The molecule has 3 heteroatoms. The summed E-state index contributed by atoms with van der Waals surface area (Å²) in [6.45, 7) is 4.10. The van der Waals surface area contributed by atoms with Crippen LogP contribution in [-0.4, -0.2) is 9.97 Å². The van der Waals surface area contributed by atoms with Crippen LogP contribution in [0, 0.1) is 6.92 Å². The third kappa shape index (κ3) is 4.55. The Morgan fingerprint density at radius 1 is 1.19 bits per heavy atom. The van der Waals surface area contributed by atoms with Gasteiger partial charge in [-0.3, -0.25) is 4.98 Å². The molecule has 0 atom stereocenters. The van der Waals surface area contributed by atoms with Crippen LogP contribution >= 0.6 is 0 Å².